The normalized spacial score (nSPS) is 17.8. The lowest BCUT2D eigenvalue weighted by Crippen LogP contribution is -2.30. The van der Waals surface area contributed by atoms with Crippen LogP contribution in [0.25, 0.3) is 0 Å². The molecule has 0 unspecified atom stereocenters. The van der Waals surface area contributed by atoms with E-state index in [4.69, 9.17) is 9.47 Å². The average Bonchev–Trinajstić information content (AvgIpc) is 2.66. The van der Waals surface area contributed by atoms with Gasteiger partial charge in [-0.3, -0.25) is 9.59 Å². The summed E-state index contributed by atoms with van der Waals surface area (Å²) in [6.45, 7) is 1.04. The van der Waals surface area contributed by atoms with E-state index in [0.29, 0.717) is 43.2 Å². The first-order chi connectivity index (χ1) is 12.7. The monoisotopic (exact) mass is 352 g/mol. The zero-order valence-electron chi connectivity index (χ0n) is 14.3. The first-order valence-corrected chi connectivity index (χ1v) is 8.77. The zero-order chi connectivity index (χ0) is 17.9. The first-order valence-electron chi connectivity index (χ1n) is 8.77. The molecule has 4 rings (SSSR count). The second kappa shape index (κ2) is 7.07. The fraction of sp³-hybridized carbons (Fsp3) is 0.300. The van der Waals surface area contributed by atoms with Crippen molar-refractivity contribution >= 4 is 23.2 Å². The number of ether oxygens (including phenoxy) is 2. The van der Waals surface area contributed by atoms with Crippen LogP contribution in [0.5, 0.6) is 11.5 Å². The summed E-state index contributed by atoms with van der Waals surface area (Å²) in [4.78, 5) is 24.5. The SMILES string of the molecule is O=C(CC[C@@H]1Cc2ccccc2NC1=O)Nc1ccc2c(c1)OCCO2. The second-order valence-electron chi connectivity index (χ2n) is 6.49. The zero-order valence-corrected chi connectivity index (χ0v) is 14.3. The van der Waals surface area contributed by atoms with Gasteiger partial charge in [-0.25, -0.2) is 0 Å². The summed E-state index contributed by atoms with van der Waals surface area (Å²) >= 11 is 0. The van der Waals surface area contributed by atoms with Crippen LogP contribution in [0.2, 0.25) is 0 Å². The van der Waals surface area contributed by atoms with Gasteiger partial charge in [0.2, 0.25) is 11.8 Å². The molecular formula is C20H20N2O4. The van der Waals surface area contributed by atoms with E-state index in [0.717, 1.165) is 11.3 Å². The maximum Gasteiger partial charge on any atom is 0.227 e. The molecule has 0 radical (unpaired) electrons. The summed E-state index contributed by atoms with van der Waals surface area (Å²) in [5.74, 6) is 1.00. The van der Waals surface area contributed by atoms with Gasteiger partial charge in [0.15, 0.2) is 11.5 Å². The molecule has 2 N–H and O–H groups in total. The number of carbonyl (C=O) groups excluding carboxylic acids is 2. The van der Waals surface area contributed by atoms with Crippen LogP contribution in [0.4, 0.5) is 11.4 Å². The van der Waals surface area contributed by atoms with Gasteiger partial charge in [-0.1, -0.05) is 18.2 Å². The molecule has 0 bridgehead atoms. The molecule has 2 amide bonds. The Morgan fingerprint density at radius 3 is 2.81 bits per heavy atom. The van der Waals surface area contributed by atoms with Crippen molar-refractivity contribution in [1.82, 2.24) is 0 Å². The third kappa shape index (κ3) is 3.49. The molecule has 0 fully saturated rings. The molecule has 134 valence electrons. The van der Waals surface area contributed by atoms with E-state index in [1.807, 2.05) is 24.3 Å². The van der Waals surface area contributed by atoms with Crippen LogP contribution >= 0.6 is 0 Å². The van der Waals surface area contributed by atoms with Crippen LogP contribution in [0, 0.1) is 5.92 Å². The number of nitrogens with one attached hydrogen (secondary N) is 2. The molecule has 2 aromatic rings. The van der Waals surface area contributed by atoms with Gasteiger partial charge >= 0.3 is 0 Å². The Hall–Kier alpha value is -3.02. The van der Waals surface area contributed by atoms with Crippen LogP contribution < -0.4 is 20.1 Å². The van der Waals surface area contributed by atoms with Crippen molar-refractivity contribution in [1.29, 1.82) is 0 Å². The third-order valence-electron chi connectivity index (χ3n) is 4.66. The highest BCUT2D eigenvalue weighted by Crippen LogP contribution is 2.33. The predicted octanol–water partition coefficient (Wildman–Crippen LogP) is 2.99. The topological polar surface area (TPSA) is 76.7 Å². The maximum absolute atomic E-state index is 12.3. The molecule has 26 heavy (non-hydrogen) atoms. The van der Waals surface area contributed by atoms with Gasteiger partial charge in [0.1, 0.15) is 13.2 Å². The minimum Gasteiger partial charge on any atom is -0.486 e. The largest absolute Gasteiger partial charge is 0.486 e. The summed E-state index contributed by atoms with van der Waals surface area (Å²) in [6.07, 6.45) is 1.46. The lowest BCUT2D eigenvalue weighted by Gasteiger charge is -2.24. The smallest absolute Gasteiger partial charge is 0.227 e. The van der Waals surface area contributed by atoms with E-state index in [1.165, 1.54) is 0 Å². The Bertz CT molecular complexity index is 849. The number of hydrogen-bond donors (Lipinski definition) is 2. The molecule has 1 atom stereocenters. The molecule has 0 aromatic heterocycles. The van der Waals surface area contributed by atoms with E-state index in [1.54, 1.807) is 18.2 Å². The molecule has 0 saturated carbocycles. The number of fused-ring (bicyclic) bond motifs is 2. The van der Waals surface area contributed by atoms with Crippen LogP contribution in [-0.4, -0.2) is 25.0 Å². The van der Waals surface area contributed by atoms with Gasteiger partial charge in [0.05, 0.1) is 0 Å². The van der Waals surface area contributed by atoms with Gasteiger partial charge in [-0.2, -0.15) is 0 Å². The number of benzene rings is 2. The van der Waals surface area contributed by atoms with Crippen molar-refractivity contribution < 1.29 is 19.1 Å². The Labute approximate surface area is 151 Å². The standard InChI is InChI=1S/C20H20N2O4/c23-19(21-15-6-7-17-18(12-15)26-10-9-25-17)8-5-14-11-13-3-1-2-4-16(13)22-20(14)24/h1-4,6-7,12,14H,5,8-11H2,(H,21,23)(H,22,24)/t14-/m1/s1. The highest BCUT2D eigenvalue weighted by molar-refractivity contribution is 5.96. The minimum atomic E-state index is -0.184. The molecule has 2 aliphatic heterocycles. The average molecular weight is 352 g/mol. The van der Waals surface area contributed by atoms with Crippen LogP contribution in [0.1, 0.15) is 18.4 Å². The number of para-hydroxylation sites is 1. The quantitative estimate of drug-likeness (QED) is 0.887. The van der Waals surface area contributed by atoms with Crippen molar-refractivity contribution in [2.45, 2.75) is 19.3 Å². The molecule has 2 aliphatic rings. The number of rotatable bonds is 4. The second-order valence-corrected chi connectivity index (χ2v) is 6.49. The number of anilines is 2. The van der Waals surface area contributed by atoms with E-state index >= 15 is 0 Å². The first kappa shape index (κ1) is 16.4. The summed E-state index contributed by atoms with van der Waals surface area (Å²) in [5.41, 5.74) is 2.65. The van der Waals surface area contributed by atoms with E-state index in [2.05, 4.69) is 10.6 Å². The van der Waals surface area contributed by atoms with Gasteiger partial charge in [0, 0.05) is 29.8 Å². The summed E-state index contributed by atoms with van der Waals surface area (Å²) in [6, 6.07) is 13.1. The lowest BCUT2D eigenvalue weighted by atomic mass is 9.89. The van der Waals surface area contributed by atoms with Crippen LogP contribution in [0.3, 0.4) is 0 Å². The highest BCUT2D eigenvalue weighted by atomic mass is 16.6. The Morgan fingerprint density at radius 1 is 1.12 bits per heavy atom. The molecule has 2 aromatic carbocycles. The summed E-state index contributed by atoms with van der Waals surface area (Å²) < 4.78 is 11.0. The highest BCUT2D eigenvalue weighted by Gasteiger charge is 2.26. The predicted molar refractivity (Wildman–Crippen MR) is 97.6 cm³/mol. The molecular weight excluding hydrogens is 332 g/mol. The minimum absolute atomic E-state index is 0.0178. The van der Waals surface area contributed by atoms with Crippen molar-refractivity contribution in [3.63, 3.8) is 0 Å². The van der Waals surface area contributed by atoms with Gasteiger partial charge in [-0.05, 0) is 36.6 Å². The van der Waals surface area contributed by atoms with Crippen LogP contribution in [0.15, 0.2) is 42.5 Å². The van der Waals surface area contributed by atoms with Gasteiger partial charge in [0.25, 0.3) is 0 Å². The van der Waals surface area contributed by atoms with E-state index < -0.39 is 0 Å². The fourth-order valence-corrected chi connectivity index (χ4v) is 3.30. The molecule has 2 heterocycles. The molecule has 0 saturated heterocycles. The van der Waals surface area contributed by atoms with Crippen LogP contribution in [-0.2, 0) is 16.0 Å². The maximum atomic E-state index is 12.3. The molecule has 0 aliphatic carbocycles. The number of carbonyl (C=O) groups is 2. The molecule has 6 nitrogen and oxygen atoms in total. The third-order valence-corrected chi connectivity index (χ3v) is 4.66. The van der Waals surface area contributed by atoms with Crippen molar-refractivity contribution in [2.75, 3.05) is 23.8 Å². The van der Waals surface area contributed by atoms with Crippen molar-refractivity contribution in [3.8, 4) is 11.5 Å². The van der Waals surface area contributed by atoms with Gasteiger partial charge in [-0.15, -0.1) is 0 Å². The molecule has 0 spiro atoms. The molecule has 6 heteroatoms. The summed E-state index contributed by atoms with van der Waals surface area (Å²) in [7, 11) is 0. The Balaban J connectivity index is 1.34. The fourth-order valence-electron chi connectivity index (χ4n) is 3.30. The van der Waals surface area contributed by atoms with E-state index in [-0.39, 0.29) is 24.2 Å². The van der Waals surface area contributed by atoms with E-state index in [9.17, 15) is 9.59 Å². The summed E-state index contributed by atoms with van der Waals surface area (Å²) in [5, 5.41) is 5.78. The van der Waals surface area contributed by atoms with Gasteiger partial charge < -0.3 is 20.1 Å². The Morgan fingerprint density at radius 2 is 1.92 bits per heavy atom. The Kier molecular flexibility index (Phi) is 4.48. The lowest BCUT2D eigenvalue weighted by molar-refractivity contribution is -0.121. The number of hydrogen-bond acceptors (Lipinski definition) is 4. The van der Waals surface area contributed by atoms with Crippen molar-refractivity contribution in [2.24, 2.45) is 5.92 Å². The number of amides is 2. The van der Waals surface area contributed by atoms with Crippen molar-refractivity contribution in [3.05, 3.63) is 48.0 Å².